The molecule has 0 bridgehead atoms. The van der Waals surface area contributed by atoms with Crippen LogP contribution in [-0.2, 0) is 18.9 Å². The molecule has 0 spiro atoms. The molecule has 0 aromatic carbocycles. The lowest BCUT2D eigenvalue weighted by Crippen LogP contribution is -2.23. The van der Waals surface area contributed by atoms with Crippen LogP contribution in [0.1, 0.15) is 6.92 Å². The zero-order valence-corrected chi connectivity index (χ0v) is 8.90. The Bertz CT molecular complexity index is 109. The zero-order chi connectivity index (χ0) is 10.6. The summed E-state index contributed by atoms with van der Waals surface area (Å²) in [7, 11) is 1.62. The molecule has 0 radical (unpaired) electrons. The molecule has 0 amide bonds. The molecule has 86 valence electrons. The maximum absolute atomic E-state index is 8.79. The van der Waals surface area contributed by atoms with E-state index in [1.54, 1.807) is 7.11 Å². The Labute approximate surface area is 84.9 Å². The minimum atomic E-state index is -0.536. The van der Waals surface area contributed by atoms with Crippen molar-refractivity contribution >= 4 is 0 Å². The minimum absolute atomic E-state index is 0.133. The van der Waals surface area contributed by atoms with E-state index in [9.17, 15) is 0 Å². The van der Waals surface area contributed by atoms with Crippen molar-refractivity contribution in [3.63, 3.8) is 0 Å². The summed E-state index contributed by atoms with van der Waals surface area (Å²) < 4.78 is 20.2. The Morgan fingerprint density at radius 1 is 1.07 bits per heavy atom. The molecular formula is C9H20O5. The quantitative estimate of drug-likeness (QED) is 0.405. The summed E-state index contributed by atoms with van der Waals surface area (Å²) >= 11 is 0. The topological polar surface area (TPSA) is 57.2 Å². The lowest BCUT2D eigenvalue weighted by atomic mass is 10.6. The first-order valence-corrected chi connectivity index (χ1v) is 4.75. The van der Waals surface area contributed by atoms with Gasteiger partial charge in [0.2, 0.25) is 0 Å². The van der Waals surface area contributed by atoms with Gasteiger partial charge in [-0.1, -0.05) is 0 Å². The number of hydrogen-bond acceptors (Lipinski definition) is 5. The van der Waals surface area contributed by atoms with Crippen LogP contribution >= 0.6 is 0 Å². The predicted octanol–water partition coefficient (Wildman–Crippen LogP) is 0.0209. The van der Waals surface area contributed by atoms with Gasteiger partial charge in [-0.15, -0.1) is 0 Å². The van der Waals surface area contributed by atoms with Crippen LogP contribution in [-0.4, -0.2) is 58.1 Å². The Hall–Kier alpha value is -0.200. The summed E-state index contributed by atoms with van der Waals surface area (Å²) in [5.74, 6) is 0. The van der Waals surface area contributed by atoms with E-state index in [4.69, 9.17) is 24.1 Å². The van der Waals surface area contributed by atoms with E-state index < -0.39 is 6.29 Å². The van der Waals surface area contributed by atoms with Gasteiger partial charge >= 0.3 is 0 Å². The number of methoxy groups -OCH3 is 1. The first kappa shape index (κ1) is 13.8. The molecule has 5 heteroatoms. The van der Waals surface area contributed by atoms with E-state index in [0.717, 1.165) is 0 Å². The van der Waals surface area contributed by atoms with E-state index >= 15 is 0 Å². The fraction of sp³-hybridized carbons (Fsp3) is 1.00. The van der Waals surface area contributed by atoms with E-state index in [2.05, 4.69) is 0 Å². The standard InChI is InChI=1S/C9H20O5/c1-3-13-9(8-10)14-7-6-12-5-4-11-2/h9-10H,3-8H2,1-2H3. The van der Waals surface area contributed by atoms with Crippen LogP contribution in [0.4, 0.5) is 0 Å². The van der Waals surface area contributed by atoms with Crippen LogP contribution in [0.2, 0.25) is 0 Å². The molecule has 5 nitrogen and oxygen atoms in total. The second kappa shape index (κ2) is 10.9. The fourth-order valence-corrected chi connectivity index (χ4v) is 0.822. The first-order chi connectivity index (χ1) is 6.85. The summed E-state index contributed by atoms with van der Waals surface area (Å²) in [4.78, 5) is 0. The number of aliphatic hydroxyl groups is 1. The molecule has 1 atom stereocenters. The maximum Gasteiger partial charge on any atom is 0.180 e. The molecule has 1 N–H and O–H groups in total. The van der Waals surface area contributed by atoms with Gasteiger partial charge in [-0.05, 0) is 6.92 Å². The molecule has 0 aliphatic heterocycles. The monoisotopic (exact) mass is 208 g/mol. The van der Waals surface area contributed by atoms with Gasteiger partial charge in [-0.25, -0.2) is 0 Å². The van der Waals surface area contributed by atoms with Gasteiger partial charge < -0.3 is 24.1 Å². The highest BCUT2D eigenvalue weighted by Gasteiger charge is 2.05. The number of ether oxygens (including phenoxy) is 4. The van der Waals surface area contributed by atoms with E-state index in [1.807, 2.05) is 6.92 Å². The van der Waals surface area contributed by atoms with Crippen LogP contribution in [0.3, 0.4) is 0 Å². The molecule has 0 aromatic heterocycles. The molecule has 0 heterocycles. The molecule has 0 fully saturated rings. The highest BCUT2D eigenvalue weighted by atomic mass is 16.7. The average molecular weight is 208 g/mol. The van der Waals surface area contributed by atoms with Gasteiger partial charge in [-0.2, -0.15) is 0 Å². The highest BCUT2D eigenvalue weighted by Crippen LogP contribution is 1.93. The molecule has 0 aromatic rings. The van der Waals surface area contributed by atoms with Crippen LogP contribution in [0.5, 0.6) is 0 Å². The summed E-state index contributed by atoms with van der Waals surface area (Å²) in [6.07, 6.45) is -0.536. The van der Waals surface area contributed by atoms with Crippen LogP contribution in [0.25, 0.3) is 0 Å². The van der Waals surface area contributed by atoms with Crippen LogP contribution in [0.15, 0.2) is 0 Å². The van der Waals surface area contributed by atoms with Gasteiger partial charge in [0.25, 0.3) is 0 Å². The molecule has 0 saturated heterocycles. The van der Waals surface area contributed by atoms with E-state index in [0.29, 0.717) is 33.0 Å². The average Bonchev–Trinajstić information content (AvgIpc) is 2.21. The van der Waals surface area contributed by atoms with Crippen molar-refractivity contribution in [2.24, 2.45) is 0 Å². The molecule has 0 saturated carbocycles. The van der Waals surface area contributed by atoms with Gasteiger partial charge in [-0.3, -0.25) is 0 Å². The van der Waals surface area contributed by atoms with Gasteiger partial charge in [0, 0.05) is 13.7 Å². The van der Waals surface area contributed by atoms with Crippen LogP contribution < -0.4 is 0 Å². The fourth-order valence-electron chi connectivity index (χ4n) is 0.822. The second-order valence-electron chi connectivity index (χ2n) is 2.54. The first-order valence-electron chi connectivity index (χ1n) is 4.75. The molecule has 0 rings (SSSR count). The minimum Gasteiger partial charge on any atom is -0.391 e. The van der Waals surface area contributed by atoms with Crippen molar-refractivity contribution in [3.05, 3.63) is 0 Å². The Morgan fingerprint density at radius 3 is 2.36 bits per heavy atom. The summed E-state index contributed by atoms with van der Waals surface area (Å²) in [5.41, 5.74) is 0. The van der Waals surface area contributed by atoms with E-state index in [1.165, 1.54) is 0 Å². The molecule has 0 aliphatic rings. The smallest absolute Gasteiger partial charge is 0.180 e. The van der Waals surface area contributed by atoms with E-state index in [-0.39, 0.29) is 6.61 Å². The third-order valence-corrected chi connectivity index (χ3v) is 1.46. The number of rotatable bonds is 10. The third kappa shape index (κ3) is 8.40. The Kier molecular flexibility index (Phi) is 10.7. The molecule has 1 unspecified atom stereocenters. The normalized spacial score (nSPS) is 13.1. The van der Waals surface area contributed by atoms with Gasteiger partial charge in [0.1, 0.15) is 0 Å². The van der Waals surface area contributed by atoms with Crippen molar-refractivity contribution in [1.29, 1.82) is 0 Å². The van der Waals surface area contributed by atoms with Gasteiger partial charge in [0.15, 0.2) is 6.29 Å². The lowest BCUT2D eigenvalue weighted by Gasteiger charge is -2.14. The SMILES string of the molecule is CCOC(CO)OCCOCCOC. The van der Waals surface area contributed by atoms with Crippen molar-refractivity contribution in [1.82, 2.24) is 0 Å². The van der Waals surface area contributed by atoms with Gasteiger partial charge in [0.05, 0.1) is 33.0 Å². The van der Waals surface area contributed by atoms with Crippen molar-refractivity contribution in [3.8, 4) is 0 Å². The molecule has 14 heavy (non-hydrogen) atoms. The third-order valence-electron chi connectivity index (χ3n) is 1.46. The summed E-state index contributed by atoms with van der Waals surface area (Å²) in [5, 5.41) is 8.79. The lowest BCUT2D eigenvalue weighted by molar-refractivity contribution is -0.167. The molecular weight excluding hydrogens is 188 g/mol. The zero-order valence-electron chi connectivity index (χ0n) is 8.90. The predicted molar refractivity (Wildman–Crippen MR) is 51.1 cm³/mol. The van der Waals surface area contributed by atoms with Crippen molar-refractivity contribution in [2.75, 3.05) is 46.8 Å². The van der Waals surface area contributed by atoms with Crippen molar-refractivity contribution in [2.45, 2.75) is 13.2 Å². The largest absolute Gasteiger partial charge is 0.391 e. The van der Waals surface area contributed by atoms with Crippen molar-refractivity contribution < 1.29 is 24.1 Å². The summed E-state index contributed by atoms with van der Waals surface area (Å²) in [6, 6.07) is 0. The maximum atomic E-state index is 8.79. The molecule has 0 aliphatic carbocycles. The second-order valence-corrected chi connectivity index (χ2v) is 2.54. The van der Waals surface area contributed by atoms with Crippen LogP contribution in [0, 0.1) is 0 Å². The number of aliphatic hydroxyl groups excluding tert-OH is 1. The Morgan fingerprint density at radius 2 is 1.79 bits per heavy atom. The highest BCUT2D eigenvalue weighted by molar-refractivity contribution is 4.39. The Balaban J connectivity index is 3.15. The summed E-state index contributed by atoms with van der Waals surface area (Å²) in [6.45, 7) is 4.26. The number of hydrogen-bond donors (Lipinski definition) is 1.